The quantitative estimate of drug-likeness (QED) is 0.451. The fraction of sp³-hybridized carbons (Fsp3) is 0.391. The van der Waals surface area contributed by atoms with Crippen molar-refractivity contribution in [2.45, 2.75) is 30.7 Å². The van der Waals surface area contributed by atoms with Gasteiger partial charge in [0.2, 0.25) is 5.91 Å². The molecule has 7 nitrogen and oxygen atoms in total. The van der Waals surface area contributed by atoms with Gasteiger partial charge in [0.1, 0.15) is 16.6 Å². The number of hydrogen-bond donors (Lipinski definition) is 2. The van der Waals surface area contributed by atoms with E-state index < -0.39 is 9.84 Å². The van der Waals surface area contributed by atoms with Crippen molar-refractivity contribution < 1.29 is 13.2 Å². The fourth-order valence-corrected chi connectivity index (χ4v) is 5.89. The molecule has 2 aromatic rings. The van der Waals surface area contributed by atoms with Crippen molar-refractivity contribution in [1.82, 2.24) is 15.5 Å². The van der Waals surface area contributed by atoms with E-state index in [2.05, 4.69) is 15.6 Å². The second-order valence-electron chi connectivity index (χ2n) is 7.87. The molecule has 0 atom stereocenters. The molecule has 0 spiro atoms. The third-order valence-electron chi connectivity index (χ3n) is 5.26. The highest BCUT2D eigenvalue weighted by Gasteiger charge is 2.21. The second-order valence-corrected chi connectivity index (χ2v) is 10.6. The molecule has 10 heteroatoms. The first-order valence-electron chi connectivity index (χ1n) is 10.8. The van der Waals surface area contributed by atoms with Crippen molar-refractivity contribution in [2.24, 2.45) is 4.99 Å². The molecule has 0 bridgehead atoms. The number of carbonyl (C=O) groups excluding carboxylic acids is 1. The minimum atomic E-state index is -3.64. The number of hydrogen-bond acceptors (Lipinski definition) is 6. The number of carbonyl (C=O) groups is 1. The Morgan fingerprint density at radius 1 is 1.12 bits per heavy atom. The van der Waals surface area contributed by atoms with Crippen LogP contribution in [-0.2, 0) is 21.2 Å². The molecule has 0 aromatic heterocycles. The standard InChI is InChI=1S/C23H28Cl2N4O3S/c1-29(15-17-8-10-18(11-9-17)23-27-13-14-28-23)21(30)7-2-3-12-26-16-33(31,32)22-19(24)5-4-6-20(22)25/h4-6,8-11,26H,2-3,7,12-16H2,1H3,(H,27,28). The predicted octanol–water partition coefficient (Wildman–Crippen LogP) is 3.49. The fourth-order valence-electron chi connectivity index (χ4n) is 3.50. The molecule has 178 valence electrons. The molecule has 0 fully saturated rings. The lowest BCUT2D eigenvalue weighted by Crippen LogP contribution is -2.27. The Kier molecular flexibility index (Phi) is 9.14. The van der Waals surface area contributed by atoms with E-state index in [1.165, 1.54) is 12.1 Å². The monoisotopic (exact) mass is 510 g/mol. The molecular weight excluding hydrogens is 483 g/mol. The van der Waals surface area contributed by atoms with Crippen molar-refractivity contribution in [3.63, 3.8) is 0 Å². The van der Waals surface area contributed by atoms with Crippen LogP contribution in [0.5, 0.6) is 0 Å². The van der Waals surface area contributed by atoms with Crippen molar-refractivity contribution in [3.8, 4) is 0 Å². The van der Waals surface area contributed by atoms with Crippen LogP contribution >= 0.6 is 23.2 Å². The Balaban J connectivity index is 1.36. The van der Waals surface area contributed by atoms with Gasteiger partial charge in [-0.1, -0.05) is 53.5 Å². The number of rotatable bonds is 11. The molecule has 2 aromatic carbocycles. The number of unbranched alkanes of at least 4 members (excludes halogenated alkanes) is 1. The van der Waals surface area contributed by atoms with E-state index in [0.29, 0.717) is 32.4 Å². The molecule has 0 unspecified atom stereocenters. The van der Waals surface area contributed by atoms with Crippen LogP contribution in [0.3, 0.4) is 0 Å². The maximum absolute atomic E-state index is 12.5. The highest BCUT2D eigenvalue weighted by molar-refractivity contribution is 7.91. The van der Waals surface area contributed by atoms with Gasteiger partial charge in [-0.2, -0.15) is 0 Å². The lowest BCUT2D eigenvalue weighted by atomic mass is 10.1. The van der Waals surface area contributed by atoms with Gasteiger partial charge in [0.25, 0.3) is 0 Å². The molecule has 0 saturated carbocycles. The van der Waals surface area contributed by atoms with Crippen LogP contribution in [0.15, 0.2) is 52.4 Å². The molecule has 1 aliphatic rings. The van der Waals surface area contributed by atoms with E-state index >= 15 is 0 Å². The van der Waals surface area contributed by atoms with E-state index in [-0.39, 0.29) is 26.7 Å². The molecule has 2 N–H and O–H groups in total. The third-order valence-corrected chi connectivity index (χ3v) is 7.76. The van der Waals surface area contributed by atoms with Crippen LogP contribution in [-0.4, -0.2) is 57.6 Å². The van der Waals surface area contributed by atoms with Crippen LogP contribution in [0.4, 0.5) is 0 Å². The zero-order valence-corrected chi connectivity index (χ0v) is 20.8. The maximum atomic E-state index is 12.5. The highest BCUT2D eigenvalue weighted by atomic mass is 35.5. The van der Waals surface area contributed by atoms with Crippen LogP contribution in [0.1, 0.15) is 30.4 Å². The average Bonchev–Trinajstić information content (AvgIpc) is 3.31. The molecule has 0 saturated heterocycles. The van der Waals surface area contributed by atoms with E-state index in [1.54, 1.807) is 18.0 Å². The molecular formula is C23H28Cl2N4O3S. The first-order valence-corrected chi connectivity index (χ1v) is 13.2. The van der Waals surface area contributed by atoms with E-state index in [9.17, 15) is 13.2 Å². The number of halogens is 2. The van der Waals surface area contributed by atoms with Gasteiger partial charge in [0.15, 0.2) is 9.84 Å². The number of amides is 1. The summed E-state index contributed by atoms with van der Waals surface area (Å²) in [5.41, 5.74) is 2.11. The summed E-state index contributed by atoms with van der Waals surface area (Å²) in [5, 5.41) is 6.37. The largest absolute Gasteiger partial charge is 0.368 e. The maximum Gasteiger partial charge on any atom is 0.222 e. The lowest BCUT2D eigenvalue weighted by Gasteiger charge is -2.17. The molecule has 3 rings (SSSR count). The van der Waals surface area contributed by atoms with Crippen molar-refractivity contribution in [2.75, 3.05) is 32.6 Å². The zero-order valence-electron chi connectivity index (χ0n) is 18.5. The Labute approximate surface area is 205 Å². The summed E-state index contributed by atoms with van der Waals surface area (Å²) in [6.45, 7) is 2.68. The van der Waals surface area contributed by atoms with Crippen molar-refractivity contribution >= 4 is 44.8 Å². The van der Waals surface area contributed by atoms with Gasteiger partial charge < -0.3 is 15.5 Å². The van der Waals surface area contributed by atoms with E-state index in [0.717, 1.165) is 30.1 Å². The summed E-state index contributed by atoms with van der Waals surface area (Å²) in [4.78, 5) is 18.5. The first kappa shape index (κ1) is 25.5. The summed E-state index contributed by atoms with van der Waals surface area (Å²) in [5.74, 6) is 0.709. The number of nitrogens with zero attached hydrogens (tertiary/aromatic N) is 2. The summed E-state index contributed by atoms with van der Waals surface area (Å²) >= 11 is 12.0. The zero-order chi connectivity index (χ0) is 23.8. The summed E-state index contributed by atoms with van der Waals surface area (Å²) in [6, 6.07) is 12.6. The normalized spacial score (nSPS) is 13.5. The Morgan fingerprint density at radius 3 is 2.45 bits per heavy atom. The van der Waals surface area contributed by atoms with Crippen LogP contribution in [0.25, 0.3) is 0 Å². The molecule has 0 aliphatic carbocycles. The topological polar surface area (TPSA) is 90.9 Å². The van der Waals surface area contributed by atoms with Gasteiger partial charge >= 0.3 is 0 Å². The molecule has 1 heterocycles. The number of nitrogens with one attached hydrogen (secondary N) is 2. The Bertz CT molecular complexity index is 1080. The van der Waals surface area contributed by atoms with Gasteiger partial charge in [0, 0.05) is 32.1 Å². The van der Waals surface area contributed by atoms with Crippen LogP contribution in [0, 0.1) is 0 Å². The number of benzene rings is 2. The van der Waals surface area contributed by atoms with Crippen LogP contribution in [0.2, 0.25) is 10.0 Å². The number of sulfone groups is 1. The van der Waals surface area contributed by atoms with Gasteiger partial charge in [-0.05, 0) is 37.1 Å². The van der Waals surface area contributed by atoms with Crippen molar-refractivity contribution in [1.29, 1.82) is 0 Å². The summed E-state index contributed by atoms with van der Waals surface area (Å²) in [7, 11) is -1.85. The SMILES string of the molecule is CN(Cc1ccc(C2=NCCN2)cc1)C(=O)CCCCNCS(=O)(=O)c1c(Cl)cccc1Cl. The minimum Gasteiger partial charge on any atom is -0.368 e. The van der Waals surface area contributed by atoms with E-state index in [4.69, 9.17) is 23.2 Å². The van der Waals surface area contributed by atoms with Crippen molar-refractivity contribution in [3.05, 3.63) is 63.6 Å². The Morgan fingerprint density at radius 2 is 1.82 bits per heavy atom. The lowest BCUT2D eigenvalue weighted by molar-refractivity contribution is -0.130. The molecule has 33 heavy (non-hydrogen) atoms. The summed E-state index contributed by atoms with van der Waals surface area (Å²) in [6.07, 6.45) is 1.74. The van der Waals surface area contributed by atoms with Gasteiger partial charge in [0.05, 0.1) is 16.6 Å². The Hall–Kier alpha value is -2.13. The predicted molar refractivity (Wildman–Crippen MR) is 133 cm³/mol. The molecule has 1 aliphatic heterocycles. The highest BCUT2D eigenvalue weighted by Crippen LogP contribution is 2.29. The number of amidine groups is 1. The van der Waals surface area contributed by atoms with E-state index in [1.807, 2.05) is 24.3 Å². The third kappa shape index (κ3) is 7.17. The molecule has 1 amide bonds. The molecule has 0 radical (unpaired) electrons. The first-order chi connectivity index (χ1) is 15.8. The minimum absolute atomic E-state index is 0.0522. The smallest absolute Gasteiger partial charge is 0.222 e. The summed E-state index contributed by atoms with van der Waals surface area (Å²) < 4.78 is 24.9. The average molecular weight is 511 g/mol. The van der Waals surface area contributed by atoms with Gasteiger partial charge in [-0.25, -0.2) is 8.42 Å². The van der Waals surface area contributed by atoms with Crippen LogP contribution < -0.4 is 10.6 Å². The second kappa shape index (κ2) is 11.8. The number of aliphatic imine (C=N–C) groups is 1. The van der Waals surface area contributed by atoms with Gasteiger partial charge in [-0.3, -0.25) is 9.79 Å². The van der Waals surface area contributed by atoms with Gasteiger partial charge in [-0.15, -0.1) is 0 Å².